The molecule has 0 aliphatic heterocycles. The summed E-state index contributed by atoms with van der Waals surface area (Å²) in [6.07, 6.45) is -2.69. The summed E-state index contributed by atoms with van der Waals surface area (Å²) in [4.78, 5) is 16.3. The molecule has 0 unspecified atom stereocenters. The molecule has 9 heteroatoms. The fourth-order valence-corrected chi connectivity index (χ4v) is 2.73. The van der Waals surface area contributed by atoms with Crippen molar-refractivity contribution in [3.63, 3.8) is 0 Å². The molecule has 4 N–H and O–H groups in total. The van der Waals surface area contributed by atoms with Crippen molar-refractivity contribution in [1.29, 1.82) is 0 Å². The third kappa shape index (κ3) is 5.17. The Hall–Kier alpha value is -2.13. The van der Waals surface area contributed by atoms with E-state index in [-0.39, 0.29) is 17.9 Å². The molecule has 1 aromatic carbocycles. The van der Waals surface area contributed by atoms with E-state index in [1.54, 1.807) is 0 Å². The number of nitrogens with two attached hydrogens (primary N) is 1. The number of halogens is 3. The lowest BCUT2D eigenvalue weighted by atomic mass is 10.1. The molecular weight excluding hydrogens is 353 g/mol. The number of rotatable bonds is 7. The van der Waals surface area contributed by atoms with E-state index < -0.39 is 17.6 Å². The van der Waals surface area contributed by atoms with Gasteiger partial charge in [-0.25, -0.2) is 4.98 Å². The third-order valence-electron chi connectivity index (χ3n) is 3.40. The van der Waals surface area contributed by atoms with Gasteiger partial charge in [0.05, 0.1) is 16.9 Å². The number of alkyl halides is 3. The van der Waals surface area contributed by atoms with Crippen LogP contribution in [0.15, 0.2) is 23.6 Å². The van der Waals surface area contributed by atoms with Gasteiger partial charge in [-0.15, -0.1) is 11.3 Å². The van der Waals surface area contributed by atoms with Gasteiger partial charge < -0.3 is 16.4 Å². The summed E-state index contributed by atoms with van der Waals surface area (Å²) >= 11 is 1.22. The number of amides is 1. The van der Waals surface area contributed by atoms with Gasteiger partial charge in [-0.1, -0.05) is 13.3 Å². The Morgan fingerprint density at radius 3 is 2.68 bits per heavy atom. The molecule has 0 saturated carbocycles. The first-order valence-corrected chi connectivity index (χ1v) is 8.64. The number of nitrogens with one attached hydrogen (secondary N) is 2. The highest BCUT2D eigenvalue weighted by atomic mass is 32.1. The predicted octanol–water partition coefficient (Wildman–Crippen LogP) is 4.08. The Balaban J connectivity index is 2.26. The second-order valence-corrected chi connectivity index (χ2v) is 6.27. The van der Waals surface area contributed by atoms with E-state index in [0.29, 0.717) is 17.2 Å². The van der Waals surface area contributed by atoms with Crippen LogP contribution in [0.3, 0.4) is 0 Å². The molecule has 0 spiro atoms. The molecule has 2 rings (SSSR count). The molecule has 5 nitrogen and oxygen atoms in total. The maximum absolute atomic E-state index is 13.0. The van der Waals surface area contributed by atoms with Gasteiger partial charge in [-0.3, -0.25) is 4.79 Å². The molecule has 1 aromatic heterocycles. The van der Waals surface area contributed by atoms with Crippen molar-refractivity contribution < 1.29 is 18.0 Å². The summed E-state index contributed by atoms with van der Waals surface area (Å²) in [5.41, 5.74) is 5.26. The SMILES string of the molecule is CCCCNc1ccc(C(F)(F)F)cc1NC(=O)c1csc(CN)n1. The van der Waals surface area contributed by atoms with Crippen LogP contribution in [0.1, 0.15) is 40.8 Å². The molecule has 0 aliphatic carbocycles. The number of anilines is 2. The lowest BCUT2D eigenvalue weighted by Crippen LogP contribution is -2.16. The fourth-order valence-electron chi connectivity index (χ4n) is 2.07. The number of carbonyl (C=O) groups is 1. The summed E-state index contributed by atoms with van der Waals surface area (Å²) in [6, 6.07) is 3.22. The van der Waals surface area contributed by atoms with Crippen LogP contribution < -0.4 is 16.4 Å². The number of hydrogen-bond donors (Lipinski definition) is 3. The maximum Gasteiger partial charge on any atom is 0.416 e. The van der Waals surface area contributed by atoms with Crippen LogP contribution >= 0.6 is 11.3 Å². The van der Waals surface area contributed by atoms with Gasteiger partial charge in [0.25, 0.3) is 5.91 Å². The van der Waals surface area contributed by atoms with E-state index in [1.165, 1.54) is 22.8 Å². The molecule has 0 aliphatic rings. The zero-order chi connectivity index (χ0) is 18.4. The first kappa shape index (κ1) is 19.2. The standard InChI is InChI=1S/C16H19F3N4OS/c1-2-3-6-21-11-5-4-10(16(17,18)19)7-12(11)23-15(24)13-9-25-14(8-20)22-13/h4-5,7,9,21H,2-3,6,8,20H2,1H3,(H,23,24). The summed E-state index contributed by atoms with van der Waals surface area (Å²) in [5, 5.41) is 7.65. The van der Waals surface area contributed by atoms with Gasteiger partial charge >= 0.3 is 6.18 Å². The van der Waals surface area contributed by atoms with Crippen molar-refractivity contribution in [1.82, 2.24) is 4.98 Å². The number of carbonyl (C=O) groups excluding carboxylic acids is 1. The Morgan fingerprint density at radius 1 is 1.32 bits per heavy atom. The van der Waals surface area contributed by atoms with Crippen molar-refractivity contribution in [2.24, 2.45) is 5.73 Å². The molecule has 0 bridgehead atoms. The lowest BCUT2D eigenvalue weighted by Gasteiger charge is -2.15. The Morgan fingerprint density at radius 2 is 2.08 bits per heavy atom. The molecule has 1 heterocycles. The molecular formula is C16H19F3N4OS. The van der Waals surface area contributed by atoms with Crippen LogP contribution in [0.4, 0.5) is 24.5 Å². The Labute approximate surface area is 147 Å². The van der Waals surface area contributed by atoms with Gasteiger partial charge in [0, 0.05) is 18.5 Å². The largest absolute Gasteiger partial charge is 0.416 e. The van der Waals surface area contributed by atoms with Crippen LogP contribution in [-0.2, 0) is 12.7 Å². The van der Waals surface area contributed by atoms with Gasteiger partial charge in [0.15, 0.2) is 0 Å². The molecule has 2 aromatic rings. The van der Waals surface area contributed by atoms with Crippen LogP contribution in [0, 0.1) is 0 Å². The van der Waals surface area contributed by atoms with Crippen LogP contribution in [0.5, 0.6) is 0 Å². The third-order valence-corrected chi connectivity index (χ3v) is 4.27. The minimum atomic E-state index is -4.49. The summed E-state index contributed by atoms with van der Waals surface area (Å²) in [5.74, 6) is -0.575. The normalized spacial score (nSPS) is 11.4. The topological polar surface area (TPSA) is 80.0 Å². The van der Waals surface area contributed by atoms with E-state index in [9.17, 15) is 18.0 Å². The average molecular weight is 372 g/mol. The number of benzene rings is 1. The quantitative estimate of drug-likeness (QED) is 0.640. The Bertz CT molecular complexity index is 730. The predicted molar refractivity (Wildman–Crippen MR) is 92.8 cm³/mol. The highest BCUT2D eigenvalue weighted by Crippen LogP contribution is 2.34. The van der Waals surface area contributed by atoms with E-state index in [4.69, 9.17) is 5.73 Å². The number of aromatic nitrogens is 1. The summed E-state index contributed by atoms with van der Waals surface area (Å²) < 4.78 is 38.9. The van der Waals surface area contributed by atoms with Crippen molar-refractivity contribution >= 4 is 28.6 Å². The minimum absolute atomic E-state index is 0.0678. The van der Waals surface area contributed by atoms with Crippen molar-refractivity contribution in [2.75, 3.05) is 17.2 Å². The van der Waals surface area contributed by atoms with E-state index in [1.807, 2.05) is 6.92 Å². The summed E-state index contributed by atoms with van der Waals surface area (Å²) in [7, 11) is 0. The molecule has 0 atom stereocenters. The number of hydrogen-bond acceptors (Lipinski definition) is 5. The zero-order valence-electron chi connectivity index (χ0n) is 13.6. The molecule has 0 saturated heterocycles. The maximum atomic E-state index is 13.0. The van der Waals surface area contributed by atoms with E-state index >= 15 is 0 Å². The Kier molecular flexibility index (Phi) is 6.38. The number of nitrogens with zero attached hydrogens (tertiary/aromatic N) is 1. The van der Waals surface area contributed by atoms with Crippen LogP contribution in [0.2, 0.25) is 0 Å². The molecule has 136 valence electrons. The van der Waals surface area contributed by atoms with Crippen molar-refractivity contribution in [2.45, 2.75) is 32.5 Å². The lowest BCUT2D eigenvalue weighted by molar-refractivity contribution is -0.137. The molecule has 1 amide bonds. The number of unbranched alkanes of at least 4 members (excludes halogenated alkanes) is 1. The first-order valence-electron chi connectivity index (χ1n) is 7.76. The summed E-state index contributed by atoms with van der Waals surface area (Å²) in [6.45, 7) is 2.80. The fraction of sp³-hybridized carbons (Fsp3) is 0.375. The second kappa shape index (κ2) is 8.30. The van der Waals surface area contributed by atoms with E-state index in [2.05, 4.69) is 15.6 Å². The van der Waals surface area contributed by atoms with Gasteiger partial charge in [-0.2, -0.15) is 13.2 Å². The monoisotopic (exact) mass is 372 g/mol. The second-order valence-electron chi connectivity index (χ2n) is 5.32. The smallest absolute Gasteiger partial charge is 0.383 e. The molecule has 25 heavy (non-hydrogen) atoms. The zero-order valence-corrected chi connectivity index (χ0v) is 14.4. The molecule has 0 fully saturated rings. The average Bonchev–Trinajstić information content (AvgIpc) is 3.04. The van der Waals surface area contributed by atoms with Crippen molar-refractivity contribution in [3.8, 4) is 0 Å². The van der Waals surface area contributed by atoms with Gasteiger partial charge in [0.2, 0.25) is 0 Å². The highest BCUT2D eigenvalue weighted by Gasteiger charge is 2.31. The van der Waals surface area contributed by atoms with E-state index in [0.717, 1.165) is 25.0 Å². The molecule has 0 radical (unpaired) electrons. The highest BCUT2D eigenvalue weighted by molar-refractivity contribution is 7.09. The van der Waals surface area contributed by atoms with Crippen molar-refractivity contribution in [3.05, 3.63) is 39.8 Å². The first-order chi connectivity index (χ1) is 11.8. The van der Waals surface area contributed by atoms with Gasteiger partial charge in [0.1, 0.15) is 10.7 Å². The van der Waals surface area contributed by atoms with Crippen LogP contribution in [0.25, 0.3) is 0 Å². The van der Waals surface area contributed by atoms with Gasteiger partial charge in [-0.05, 0) is 24.6 Å². The van der Waals surface area contributed by atoms with Crippen LogP contribution in [-0.4, -0.2) is 17.4 Å². The minimum Gasteiger partial charge on any atom is -0.383 e. The number of thiazole rings is 1.